The molecule has 1 unspecified atom stereocenters. The SMILES string of the molecule is CC(C)C(CCO)C(=O)O.[H-].[Na+]. The van der Waals surface area contributed by atoms with Gasteiger partial charge in [0.2, 0.25) is 0 Å². The van der Waals surface area contributed by atoms with Crippen LogP contribution in [-0.2, 0) is 4.79 Å². The van der Waals surface area contributed by atoms with Gasteiger partial charge in [-0.05, 0) is 12.3 Å². The Bertz CT molecular complexity index is 119. The van der Waals surface area contributed by atoms with Crippen LogP contribution < -0.4 is 29.6 Å². The standard InChI is InChI=1S/C7H14O3.Na.H/c1-5(2)6(3-4-8)7(9)10;;/h5-6,8H,3-4H2,1-2H3,(H,9,10);;/q;+1;-1. The first-order valence-corrected chi connectivity index (χ1v) is 3.43. The van der Waals surface area contributed by atoms with Gasteiger partial charge in [0.25, 0.3) is 0 Å². The van der Waals surface area contributed by atoms with Crippen LogP contribution in [0.5, 0.6) is 0 Å². The summed E-state index contributed by atoms with van der Waals surface area (Å²) in [5.41, 5.74) is 0. The number of carboxylic acid groups (broad SMARTS) is 1. The number of hydrogen-bond acceptors (Lipinski definition) is 2. The number of carboxylic acids is 1. The van der Waals surface area contributed by atoms with E-state index in [1.54, 1.807) is 0 Å². The van der Waals surface area contributed by atoms with Crippen LogP contribution in [0.2, 0.25) is 0 Å². The molecule has 0 spiro atoms. The van der Waals surface area contributed by atoms with Crippen molar-refractivity contribution in [3.63, 3.8) is 0 Å². The van der Waals surface area contributed by atoms with Crippen molar-refractivity contribution in [2.75, 3.05) is 6.61 Å². The normalized spacial score (nSPS) is 12.4. The topological polar surface area (TPSA) is 57.5 Å². The van der Waals surface area contributed by atoms with E-state index in [4.69, 9.17) is 10.2 Å². The van der Waals surface area contributed by atoms with E-state index < -0.39 is 11.9 Å². The summed E-state index contributed by atoms with van der Waals surface area (Å²) in [6, 6.07) is 0. The number of aliphatic hydroxyl groups is 1. The molecule has 0 saturated carbocycles. The first-order valence-electron chi connectivity index (χ1n) is 3.43. The van der Waals surface area contributed by atoms with Crippen molar-refractivity contribution in [3.8, 4) is 0 Å². The molecule has 0 radical (unpaired) electrons. The Morgan fingerprint density at radius 2 is 2.00 bits per heavy atom. The van der Waals surface area contributed by atoms with Crippen molar-refractivity contribution in [2.24, 2.45) is 11.8 Å². The van der Waals surface area contributed by atoms with Crippen molar-refractivity contribution in [1.82, 2.24) is 0 Å². The van der Waals surface area contributed by atoms with E-state index >= 15 is 0 Å². The van der Waals surface area contributed by atoms with Gasteiger partial charge >= 0.3 is 35.5 Å². The van der Waals surface area contributed by atoms with E-state index in [0.29, 0.717) is 6.42 Å². The van der Waals surface area contributed by atoms with Crippen LogP contribution in [-0.4, -0.2) is 22.8 Å². The average Bonchev–Trinajstić information content (AvgIpc) is 1.81. The summed E-state index contributed by atoms with van der Waals surface area (Å²) in [7, 11) is 0. The summed E-state index contributed by atoms with van der Waals surface area (Å²) >= 11 is 0. The third-order valence-electron chi connectivity index (χ3n) is 1.56. The van der Waals surface area contributed by atoms with Crippen LogP contribution in [0.3, 0.4) is 0 Å². The number of hydrogen-bond donors (Lipinski definition) is 2. The van der Waals surface area contributed by atoms with Crippen LogP contribution in [0.4, 0.5) is 0 Å². The minimum atomic E-state index is -0.816. The molecule has 0 amide bonds. The zero-order valence-electron chi connectivity index (χ0n) is 8.37. The summed E-state index contributed by atoms with van der Waals surface area (Å²) in [4.78, 5) is 10.4. The molecule has 0 aromatic carbocycles. The predicted molar refractivity (Wildman–Crippen MR) is 38.8 cm³/mol. The Balaban J connectivity index is -0.000000405. The van der Waals surface area contributed by atoms with Crippen LogP contribution in [0.1, 0.15) is 21.7 Å². The van der Waals surface area contributed by atoms with Gasteiger partial charge in [-0.2, -0.15) is 0 Å². The molecule has 0 aromatic rings. The molecule has 0 aromatic heterocycles. The van der Waals surface area contributed by atoms with Crippen molar-refractivity contribution in [3.05, 3.63) is 0 Å². The molecule has 62 valence electrons. The monoisotopic (exact) mass is 170 g/mol. The van der Waals surface area contributed by atoms with Crippen LogP contribution >= 0.6 is 0 Å². The summed E-state index contributed by atoms with van der Waals surface area (Å²) < 4.78 is 0. The Hall–Kier alpha value is 0.430. The maximum absolute atomic E-state index is 10.4. The second-order valence-corrected chi connectivity index (χ2v) is 2.70. The second kappa shape index (κ2) is 7.10. The Morgan fingerprint density at radius 1 is 1.55 bits per heavy atom. The fraction of sp³-hybridized carbons (Fsp3) is 0.857. The third-order valence-corrected chi connectivity index (χ3v) is 1.56. The molecule has 2 N–H and O–H groups in total. The molecule has 1 atom stereocenters. The van der Waals surface area contributed by atoms with E-state index in [1.165, 1.54) is 0 Å². The van der Waals surface area contributed by atoms with Gasteiger partial charge in [0, 0.05) is 6.61 Å². The molecule has 4 heteroatoms. The number of rotatable bonds is 4. The minimum Gasteiger partial charge on any atom is -1.00 e. The molecule has 3 nitrogen and oxygen atoms in total. The molecule has 0 saturated heterocycles. The maximum atomic E-state index is 10.4. The van der Waals surface area contributed by atoms with Gasteiger partial charge in [-0.25, -0.2) is 0 Å². The molecule has 11 heavy (non-hydrogen) atoms. The van der Waals surface area contributed by atoms with E-state index in [1.807, 2.05) is 13.8 Å². The smallest absolute Gasteiger partial charge is 1.00 e. The van der Waals surface area contributed by atoms with Crippen LogP contribution in [0.25, 0.3) is 0 Å². The van der Waals surface area contributed by atoms with E-state index in [9.17, 15) is 4.79 Å². The van der Waals surface area contributed by atoms with Gasteiger partial charge in [-0.3, -0.25) is 4.79 Å². The molecule has 0 bridgehead atoms. The Morgan fingerprint density at radius 3 is 2.09 bits per heavy atom. The fourth-order valence-electron chi connectivity index (χ4n) is 0.881. The minimum absolute atomic E-state index is 0. The Kier molecular flexibility index (Phi) is 9.02. The number of carbonyl (C=O) groups is 1. The van der Waals surface area contributed by atoms with Gasteiger partial charge in [0.1, 0.15) is 0 Å². The first-order chi connectivity index (χ1) is 4.59. The largest absolute Gasteiger partial charge is 1.00 e. The molecular weight excluding hydrogens is 155 g/mol. The van der Waals surface area contributed by atoms with Gasteiger partial charge in [0.15, 0.2) is 0 Å². The van der Waals surface area contributed by atoms with Crippen LogP contribution in [0, 0.1) is 11.8 Å². The summed E-state index contributed by atoms with van der Waals surface area (Å²) in [5, 5.41) is 17.0. The molecule has 0 fully saturated rings. The molecule has 0 aliphatic rings. The molecule has 0 aliphatic heterocycles. The van der Waals surface area contributed by atoms with Gasteiger partial charge < -0.3 is 11.6 Å². The van der Waals surface area contributed by atoms with E-state index in [0.717, 1.165) is 0 Å². The zero-order valence-corrected chi connectivity index (χ0v) is 9.37. The van der Waals surface area contributed by atoms with Crippen molar-refractivity contribution >= 4 is 5.97 Å². The fourth-order valence-corrected chi connectivity index (χ4v) is 0.881. The van der Waals surface area contributed by atoms with Gasteiger partial charge in [0.05, 0.1) is 5.92 Å². The molecule has 0 heterocycles. The molecule has 0 aliphatic carbocycles. The average molecular weight is 170 g/mol. The molecular formula is C7H15NaO3. The summed E-state index contributed by atoms with van der Waals surface area (Å²) in [6.07, 6.45) is 0.354. The zero-order chi connectivity index (χ0) is 8.15. The second-order valence-electron chi connectivity index (χ2n) is 2.70. The van der Waals surface area contributed by atoms with Gasteiger partial charge in [-0.1, -0.05) is 13.8 Å². The first kappa shape index (κ1) is 14.0. The van der Waals surface area contributed by atoms with Crippen molar-refractivity contribution < 1.29 is 46.0 Å². The summed E-state index contributed by atoms with van der Waals surface area (Å²) in [6.45, 7) is 3.64. The maximum Gasteiger partial charge on any atom is 1.00 e. The Labute approximate surface area is 90.6 Å². The summed E-state index contributed by atoms with van der Waals surface area (Å²) in [5.74, 6) is -1.11. The molecule has 0 rings (SSSR count). The van der Waals surface area contributed by atoms with Crippen molar-refractivity contribution in [1.29, 1.82) is 0 Å². The number of aliphatic carboxylic acids is 1. The van der Waals surface area contributed by atoms with Crippen LogP contribution in [0.15, 0.2) is 0 Å². The van der Waals surface area contributed by atoms with Gasteiger partial charge in [-0.15, -0.1) is 0 Å². The van der Waals surface area contributed by atoms with E-state index in [-0.39, 0.29) is 43.5 Å². The third kappa shape index (κ3) is 5.67. The van der Waals surface area contributed by atoms with E-state index in [2.05, 4.69) is 0 Å². The number of aliphatic hydroxyl groups excluding tert-OH is 1. The van der Waals surface area contributed by atoms with Crippen molar-refractivity contribution in [2.45, 2.75) is 20.3 Å². The quantitative estimate of drug-likeness (QED) is 0.473. The predicted octanol–water partition coefficient (Wildman–Crippen LogP) is -2.16.